The maximum absolute atomic E-state index is 6.08. The average molecular weight is 274 g/mol. The van der Waals surface area contributed by atoms with Gasteiger partial charge in [0.1, 0.15) is 0 Å². The molecule has 1 aliphatic rings. The largest absolute Gasteiger partial charge is 0.371 e. The molecule has 2 N–H and O–H groups in total. The molecule has 0 radical (unpaired) electrons. The Labute approximate surface area is 124 Å². The zero-order chi connectivity index (χ0) is 14.5. The highest BCUT2D eigenvalue weighted by Gasteiger charge is 2.19. The van der Waals surface area contributed by atoms with Crippen LogP contribution in [0.1, 0.15) is 50.7 Å². The molecular weight excluding hydrogens is 244 g/mol. The van der Waals surface area contributed by atoms with Gasteiger partial charge < -0.3 is 10.6 Å². The van der Waals surface area contributed by atoms with E-state index >= 15 is 0 Å². The summed E-state index contributed by atoms with van der Waals surface area (Å²) in [7, 11) is 0. The minimum atomic E-state index is 0.291. The minimum Gasteiger partial charge on any atom is -0.371 e. The Hall–Kier alpha value is -1.02. The van der Waals surface area contributed by atoms with Crippen LogP contribution in [0.2, 0.25) is 0 Å². The fourth-order valence-electron chi connectivity index (χ4n) is 3.17. The highest BCUT2D eigenvalue weighted by Crippen LogP contribution is 2.26. The van der Waals surface area contributed by atoms with E-state index in [4.69, 9.17) is 5.73 Å². The highest BCUT2D eigenvalue weighted by atomic mass is 15.1. The van der Waals surface area contributed by atoms with Crippen LogP contribution in [0, 0.1) is 12.8 Å². The molecule has 2 unspecified atom stereocenters. The summed E-state index contributed by atoms with van der Waals surface area (Å²) >= 11 is 0. The molecule has 2 atom stereocenters. The first kappa shape index (κ1) is 15.4. The second-order valence-corrected chi connectivity index (χ2v) is 6.35. The second kappa shape index (κ2) is 7.12. The van der Waals surface area contributed by atoms with E-state index in [1.807, 2.05) is 0 Å². The molecule has 20 heavy (non-hydrogen) atoms. The van der Waals surface area contributed by atoms with Crippen LogP contribution in [0.5, 0.6) is 0 Å². The number of nitrogens with zero attached hydrogens (tertiary/aromatic N) is 1. The third-order valence-electron chi connectivity index (χ3n) is 4.79. The zero-order valence-corrected chi connectivity index (χ0v) is 13.4. The van der Waals surface area contributed by atoms with Crippen molar-refractivity contribution >= 4 is 5.69 Å². The summed E-state index contributed by atoms with van der Waals surface area (Å²) in [5.74, 6) is 0.872. The molecule has 1 aromatic carbocycles. The number of hydrogen-bond donors (Lipinski definition) is 1. The highest BCUT2D eigenvalue weighted by molar-refractivity contribution is 5.51. The van der Waals surface area contributed by atoms with Crippen LogP contribution in [-0.4, -0.2) is 19.1 Å². The molecule has 1 fully saturated rings. The molecule has 1 aliphatic heterocycles. The van der Waals surface area contributed by atoms with Gasteiger partial charge in [-0.1, -0.05) is 26.3 Å². The first-order chi connectivity index (χ1) is 9.63. The summed E-state index contributed by atoms with van der Waals surface area (Å²) in [5.41, 5.74) is 10.3. The summed E-state index contributed by atoms with van der Waals surface area (Å²) < 4.78 is 0. The molecular formula is C18H30N2. The first-order valence-electron chi connectivity index (χ1n) is 8.24. The fourth-order valence-corrected chi connectivity index (χ4v) is 3.17. The van der Waals surface area contributed by atoms with E-state index < -0.39 is 0 Å². The number of piperidine rings is 1. The van der Waals surface area contributed by atoms with E-state index in [1.54, 1.807) is 0 Å². The van der Waals surface area contributed by atoms with Gasteiger partial charge in [-0.15, -0.1) is 0 Å². The number of aryl methyl sites for hydroxylation is 1. The third kappa shape index (κ3) is 3.76. The Bertz CT molecular complexity index is 427. The monoisotopic (exact) mass is 274 g/mol. The SMILES string of the molecule is CCC(N)Cc1ccc(N2CCCC(CC)C2)cc1C. The van der Waals surface area contributed by atoms with Gasteiger partial charge in [0, 0.05) is 24.8 Å². The van der Waals surface area contributed by atoms with Crippen molar-refractivity contribution in [1.82, 2.24) is 0 Å². The second-order valence-electron chi connectivity index (χ2n) is 6.35. The van der Waals surface area contributed by atoms with Gasteiger partial charge in [-0.05, 0) is 61.8 Å². The van der Waals surface area contributed by atoms with Crippen LogP contribution in [0.3, 0.4) is 0 Å². The van der Waals surface area contributed by atoms with Crippen LogP contribution >= 0.6 is 0 Å². The molecule has 0 spiro atoms. The van der Waals surface area contributed by atoms with Crippen LogP contribution in [-0.2, 0) is 6.42 Å². The van der Waals surface area contributed by atoms with Gasteiger partial charge in [0.25, 0.3) is 0 Å². The molecule has 0 amide bonds. The molecule has 1 heterocycles. The number of anilines is 1. The van der Waals surface area contributed by atoms with Crippen molar-refractivity contribution in [2.75, 3.05) is 18.0 Å². The fraction of sp³-hybridized carbons (Fsp3) is 0.667. The molecule has 1 aromatic rings. The number of nitrogens with two attached hydrogens (primary N) is 1. The number of rotatable bonds is 5. The maximum atomic E-state index is 6.08. The van der Waals surface area contributed by atoms with E-state index in [0.717, 1.165) is 18.8 Å². The summed E-state index contributed by atoms with van der Waals surface area (Å²) in [6.07, 6.45) is 6.08. The molecule has 2 heteroatoms. The van der Waals surface area contributed by atoms with Gasteiger partial charge in [0.15, 0.2) is 0 Å². The molecule has 2 rings (SSSR count). The van der Waals surface area contributed by atoms with Crippen LogP contribution in [0.4, 0.5) is 5.69 Å². The average Bonchev–Trinajstić information content (AvgIpc) is 2.49. The molecule has 0 bridgehead atoms. The third-order valence-corrected chi connectivity index (χ3v) is 4.79. The van der Waals surface area contributed by atoms with Crippen molar-refractivity contribution in [2.45, 2.75) is 58.9 Å². The number of benzene rings is 1. The maximum Gasteiger partial charge on any atom is 0.0369 e. The van der Waals surface area contributed by atoms with E-state index in [9.17, 15) is 0 Å². The van der Waals surface area contributed by atoms with Gasteiger partial charge in [-0.25, -0.2) is 0 Å². The minimum absolute atomic E-state index is 0.291. The predicted octanol–water partition coefficient (Wildman–Crippen LogP) is 3.90. The van der Waals surface area contributed by atoms with E-state index in [1.165, 1.54) is 49.2 Å². The normalized spacial score (nSPS) is 21.0. The Morgan fingerprint density at radius 1 is 1.35 bits per heavy atom. The van der Waals surface area contributed by atoms with Gasteiger partial charge >= 0.3 is 0 Å². The lowest BCUT2D eigenvalue weighted by Gasteiger charge is -2.34. The Morgan fingerprint density at radius 3 is 2.80 bits per heavy atom. The van der Waals surface area contributed by atoms with Crippen LogP contribution in [0.15, 0.2) is 18.2 Å². The summed E-state index contributed by atoms with van der Waals surface area (Å²) in [4.78, 5) is 2.56. The number of hydrogen-bond acceptors (Lipinski definition) is 2. The molecule has 1 saturated heterocycles. The molecule has 0 aliphatic carbocycles. The smallest absolute Gasteiger partial charge is 0.0369 e. The van der Waals surface area contributed by atoms with Crippen molar-refractivity contribution in [1.29, 1.82) is 0 Å². The van der Waals surface area contributed by atoms with E-state index in [-0.39, 0.29) is 0 Å². The summed E-state index contributed by atoms with van der Waals surface area (Å²) in [5, 5.41) is 0. The molecule has 2 nitrogen and oxygen atoms in total. The Morgan fingerprint density at radius 2 is 2.15 bits per heavy atom. The summed E-state index contributed by atoms with van der Waals surface area (Å²) in [6, 6.07) is 7.23. The zero-order valence-electron chi connectivity index (χ0n) is 13.4. The lowest BCUT2D eigenvalue weighted by Crippen LogP contribution is -2.35. The topological polar surface area (TPSA) is 29.3 Å². The standard InChI is InChI=1S/C18H30N2/c1-4-15-7-6-10-20(13-15)18-9-8-16(14(3)11-18)12-17(19)5-2/h8-9,11,15,17H,4-7,10,12-13,19H2,1-3H3. The predicted molar refractivity (Wildman–Crippen MR) is 88.4 cm³/mol. The van der Waals surface area contributed by atoms with Crippen molar-refractivity contribution in [3.8, 4) is 0 Å². The Kier molecular flexibility index (Phi) is 5.47. The lowest BCUT2D eigenvalue weighted by atomic mass is 9.94. The van der Waals surface area contributed by atoms with Crippen molar-refractivity contribution in [2.24, 2.45) is 11.7 Å². The molecule has 0 saturated carbocycles. The van der Waals surface area contributed by atoms with Gasteiger partial charge in [-0.3, -0.25) is 0 Å². The quantitative estimate of drug-likeness (QED) is 0.882. The molecule has 112 valence electrons. The van der Waals surface area contributed by atoms with Crippen molar-refractivity contribution in [3.63, 3.8) is 0 Å². The van der Waals surface area contributed by atoms with Crippen LogP contribution < -0.4 is 10.6 Å². The van der Waals surface area contributed by atoms with Crippen molar-refractivity contribution in [3.05, 3.63) is 29.3 Å². The first-order valence-corrected chi connectivity index (χ1v) is 8.24. The van der Waals surface area contributed by atoms with Gasteiger partial charge in [0.05, 0.1) is 0 Å². The van der Waals surface area contributed by atoms with Gasteiger partial charge in [0.2, 0.25) is 0 Å². The van der Waals surface area contributed by atoms with E-state index in [2.05, 4.69) is 43.9 Å². The summed E-state index contributed by atoms with van der Waals surface area (Å²) in [6.45, 7) is 9.14. The molecule has 0 aromatic heterocycles. The Balaban J connectivity index is 2.08. The van der Waals surface area contributed by atoms with Gasteiger partial charge in [-0.2, -0.15) is 0 Å². The van der Waals surface area contributed by atoms with Crippen molar-refractivity contribution < 1.29 is 0 Å². The lowest BCUT2D eigenvalue weighted by molar-refractivity contribution is 0.404. The van der Waals surface area contributed by atoms with Crippen LogP contribution in [0.25, 0.3) is 0 Å². The van der Waals surface area contributed by atoms with E-state index in [0.29, 0.717) is 6.04 Å².